The Bertz CT molecular complexity index is 593. The molecular formula is C16H19FN2O3. The third-order valence-electron chi connectivity index (χ3n) is 4.41. The SMILES string of the molecule is COCC(=O)N1C[C@H]2CN(Cc3cccc(F)c3)C(=O)[C@H]2C1. The minimum absolute atomic E-state index is 0.0562. The second-order valence-electron chi connectivity index (χ2n) is 5.95. The maximum atomic E-state index is 13.2. The van der Waals surface area contributed by atoms with E-state index < -0.39 is 0 Å². The largest absolute Gasteiger partial charge is 0.375 e. The number of rotatable bonds is 4. The molecule has 22 heavy (non-hydrogen) atoms. The highest BCUT2D eigenvalue weighted by Gasteiger charge is 2.47. The van der Waals surface area contributed by atoms with Crippen LogP contribution in [-0.4, -0.2) is 55.0 Å². The number of hydrogen-bond donors (Lipinski definition) is 0. The number of hydrogen-bond acceptors (Lipinski definition) is 3. The van der Waals surface area contributed by atoms with Gasteiger partial charge < -0.3 is 14.5 Å². The minimum atomic E-state index is -0.291. The Kier molecular flexibility index (Phi) is 4.11. The molecule has 0 bridgehead atoms. The van der Waals surface area contributed by atoms with Crippen molar-refractivity contribution in [3.05, 3.63) is 35.6 Å². The Morgan fingerprint density at radius 2 is 2.18 bits per heavy atom. The lowest BCUT2D eigenvalue weighted by Gasteiger charge is -2.21. The second-order valence-corrected chi connectivity index (χ2v) is 5.95. The maximum Gasteiger partial charge on any atom is 0.248 e. The molecule has 3 rings (SSSR count). The molecule has 6 heteroatoms. The lowest BCUT2D eigenvalue weighted by molar-refractivity contribution is -0.136. The predicted molar refractivity (Wildman–Crippen MR) is 77.3 cm³/mol. The van der Waals surface area contributed by atoms with Gasteiger partial charge >= 0.3 is 0 Å². The van der Waals surface area contributed by atoms with Crippen molar-refractivity contribution < 1.29 is 18.7 Å². The first kappa shape index (κ1) is 15.0. The monoisotopic (exact) mass is 306 g/mol. The van der Waals surface area contributed by atoms with Crippen LogP contribution in [0.15, 0.2) is 24.3 Å². The molecule has 0 radical (unpaired) electrons. The van der Waals surface area contributed by atoms with E-state index in [1.807, 2.05) is 6.07 Å². The van der Waals surface area contributed by atoms with E-state index in [4.69, 9.17) is 4.74 Å². The summed E-state index contributed by atoms with van der Waals surface area (Å²) in [6.07, 6.45) is 0. The van der Waals surface area contributed by atoms with Gasteiger partial charge in [0, 0.05) is 39.2 Å². The van der Waals surface area contributed by atoms with Crippen molar-refractivity contribution in [2.24, 2.45) is 11.8 Å². The first-order valence-electron chi connectivity index (χ1n) is 7.38. The fourth-order valence-corrected chi connectivity index (χ4v) is 3.36. The van der Waals surface area contributed by atoms with Gasteiger partial charge in [-0.1, -0.05) is 12.1 Å². The van der Waals surface area contributed by atoms with Crippen LogP contribution in [0.1, 0.15) is 5.56 Å². The summed E-state index contributed by atoms with van der Waals surface area (Å²) in [4.78, 5) is 27.8. The van der Waals surface area contributed by atoms with Gasteiger partial charge in [-0.2, -0.15) is 0 Å². The molecule has 0 aliphatic carbocycles. The number of likely N-dealkylation sites (tertiary alicyclic amines) is 2. The summed E-state index contributed by atoms with van der Waals surface area (Å²) in [6.45, 7) is 2.16. The lowest BCUT2D eigenvalue weighted by Crippen LogP contribution is -2.36. The highest BCUT2D eigenvalue weighted by Crippen LogP contribution is 2.33. The molecule has 2 heterocycles. The van der Waals surface area contributed by atoms with Crippen LogP contribution in [0.5, 0.6) is 0 Å². The first-order valence-corrected chi connectivity index (χ1v) is 7.38. The highest BCUT2D eigenvalue weighted by molar-refractivity contribution is 5.84. The zero-order chi connectivity index (χ0) is 15.7. The molecule has 118 valence electrons. The fourth-order valence-electron chi connectivity index (χ4n) is 3.36. The van der Waals surface area contributed by atoms with Crippen molar-refractivity contribution in [2.75, 3.05) is 33.4 Å². The van der Waals surface area contributed by atoms with Gasteiger partial charge in [-0.25, -0.2) is 4.39 Å². The molecule has 2 aliphatic rings. The molecule has 2 fully saturated rings. The predicted octanol–water partition coefficient (Wildman–Crippen LogP) is 0.889. The summed E-state index contributed by atoms with van der Waals surface area (Å²) in [5.41, 5.74) is 0.792. The van der Waals surface area contributed by atoms with Gasteiger partial charge in [0.05, 0.1) is 5.92 Å². The van der Waals surface area contributed by atoms with Crippen molar-refractivity contribution in [3.8, 4) is 0 Å². The third-order valence-corrected chi connectivity index (χ3v) is 4.41. The van der Waals surface area contributed by atoms with Gasteiger partial charge in [0.1, 0.15) is 12.4 Å². The second kappa shape index (κ2) is 6.04. The fraction of sp³-hybridized carbons (Fsp3) is 0.500. The molecule has 0 N–H and O–H groups in total. The smallest absolute Gasteiger partial charge is 0.248 e. The Morgan fingerprint density at radius 3 is 2.86 bits per heavy atom. The molecule has 5 nitrogen and oxygen atoms in total. The molecule has 0 aromatic heterocycles. The van der Waals surface area contributed by atoms with Gasteiger partial charge in [0.15, 0.2) is 0 Å². The van der Waals surface area contributed by atoms with E-state index in [2.05, 4.69) is 0 Å². The van der Waals surface area contributed by atoms with Gasteiger partial charge in [-0.05, 0) is 17.7 Å². The maximum absolute atomic E-state index is 13.2. The van der Waals surface area contributed by atoms with Crippen molar-refractivity contribution in [1.82, 2.24) is 9.80 Å². The summed E-state index contributed by atoms with van der Waals surface area (Å²) in [5, 5.41) is 0. The Morgan fingerprint density at radius 1 is 1.36 bits per heavy atom. The number of carbonyl (C=O) groups is 2. The van der Waals surface area contributed by atoms with Crippen LogP contribution in [0.3, 0.4) is 0 Å². The van der Waals surface area contributed by atoms with Crippen molar-refractivity contribution in [1.29, 1.82) is 0 Å². The van der Waals surface area contributed by atoms with E-state index in [0.717, 1.165) is 5.56 Å². The van der Waals surface area contributed by atoms with Crippen LogP contribution < -0.4 is 0 Å². The summed E-state index contributed by atoms with van der Waals surface area (Å²) in [6, 6.07) is 6.31. The molecule has 0 unspecified atom stereocenters. The molecule has 2 saturated heterocycles. The molecule has 0 saturated carbocycles. The van der Waals surface area contributed by atoms with Gasteiger partial charge in [-0.15, -0.1) is 0 Å². The number of methoxy groups -OCH3 is 1. The molecule has 0 spiro atoms. The lowest BCUT2D eigenvalue weighted by atomic mass is 10.0. The van der Waals surface area contributed by atoms with Crippen LogP contribution in [-0.2, 0) is 20.9 Å². The van der Waals surface area contributed by atoms with E-state index in [-0.39, 0.29) is 36.1 Å². The van der Waals surface area contributed by atoms with Gasteiger partial charge in [0.25, 0.3) is 0 Å². The summed E-state index contributed by atoms with van der Waals surface area (Å²) >= 11 is 0. The summed E-state index contributed by atoms with van der Waals surface area (Å²) < 4.78 is 18.1. The zero-order valence-electron chi connectivity index (χ0n) is 12.5. The van der Waals surface area contributed by atoms with E-state index >= 15 is 0 Å². The summed E-state index contributed by atoms with van der Waals surface area (Å²) in [7, 11) is 1.49. The Hall–Kier alpha value is -1.95. The number of halogens is 1. The number of benzene rings is 1. The average Bonchev–Trinajstić information content (AvgIpc) is 3.00. The van der Waals surface area contributed by atoms with Gasteiger partial charge in [-0.3, -0.25) is 9.59 Å². The van der Waals surface area contributed by atoms with E-state index in [0.29, 0.717) is 26.2 Å². The molecule has 1 aromatic carbocycles. The van der Waals surface area contributed by atoms with Crippen molar-refractivity contribution in [3.63, 3.8) is 0 Å². The number of ether oxygens (including phenoxy) is 1. The molecule has 2 aliphatic heterocycles. The minimum Gasteiger partial charge on any atom is -0.375 e. The number of amides is 2. The normalized spacial score (nSPS) is 24.0. The number of carbonyl (C=O) groups excluding carboxylic acids is 2. The van der Waals surface area contributed by atoms with Gasteiger partial charge in [0.2, 0.25) is 11.8 Å². The number of nitrogens with zero attached hydrogens (tertiary/aromatic N) is 2. The van der Waals surface area contributed by atoms with E-state index in [9.17, 15) is 14.0 Å². The van der Waals surface area contributed by atoms with Crippen molar-refractivity contribution in [2.45, 2.75) is 6.54 Å². The molecule has 2 atom stereocenters. The Labute approximate surface area is 128 Å². The zero-order valence-corrected chi connectivity index (χ0v) is 12.5. The topological polar surface area (TPSA) is 49.9 Å². The van der Waals surface area contributed by atoms with Crippen molar-refractivity contribution >= 4 is 11.8 Å². The van der Waals surface area contributed by atoms with Crippen LogP contribution in [0.4, 0.5) is 4.39 Å². The molecule has 2 amide bonds. The standard InChI is InChI=1S/C16H19FN2O3/c1-22-10-15(20)18-7-12-8-19(16(21)14(12)9-18)6-11-3-2-4-13(17)5-11/h2-5,12,14H,6-10H2,1H3/t12-,14-/m0/s1. The Balaban J connectivity index is 1.62. The summed E-state index contributed by atoms with van der Waals surface area (Å²) in [5.74, 6) is -0.264. The number of fused-ring (bicyclic) bond motifs is 1. The first-order chi connectivity index (χ1) is 10.6. The molecular weight excluding hydrogens is 287 g/mol. The van der Waals surface area contributed by atoms with Crippen LogP contribution in [0.25, 0.3) is 0 Å². The van der Waals surface area contributed by atoms with Crippen LogP contribution in [0, 0.1) is 17.7 Å². The van der Waals surface area contributed by atoms with Crippen LogP contribution in [0.2, 0.25) is 0 Å². The highest BCUT2D eigenvalue weighted by atomic mass is 19.1. The average molecular weight is 306 g/mol. The molecule has 1 aromatic rings. The third kappa shape index (κ3) is 2.83. The quantitative estimate of drug-likeness (QED) is 0.830. The van der Waals surface area contributed by atoms with Crippen LogP contribution >= 0.6 is 0 Å². The van der Waals surface area contributed by atoms with E-state index in [1.165, 1.54) is 19.2 Å². The van der Waals surface area contributed by atoms with E-state index in [1.54, 1.807) is 15.9 Å².